The predicted octanol–water partition coefficient (Wildman–Crippen LogP) is 5.30. The first kappa shape index (κ1) is 23.0. The normalized spacial score (nSPS) is 13.5. The first-order valence-electron chi connectivity index (χ1n) is 11.1. The van der Waals surface area contributed by atoms with E-state index in [1.165, 1.54) is 6.07 Å². The van der Waals surface area contributed by atoms with Gasteiger partial charge in [0.1, 0.15) is 5.75 Å². The van der Waals surface area contributed by atoms with Crippen LogP contribution in [0.15, 0.2) is 47.0 Å². The van der Waals surface area contributed by atoms with Gasteiger partial charge in [-0.25, -0.2) is 0 Å². The van der Waals surface area contributed by atoms with Gasteiger partial charge in [-0.2, -0.15) is 13.8 Å². The highest BCUT2D eigenvalue weighted by molar-refractivity contribution is 5.63. The van der Waals surface area contributed by atoms with Crippen molar-refractivity contribution in [2.45, 2.75) is 52.4 Å². The van der Waals surface area contributed by atoms with Crippen LogP contribution in [0.5, 0.6) is 17.2 Å². The summed E-state index contributed by atoms with van der Waals surface area (Å²) >= 11 is 0. The fourth-order valence-electron chi connectivity index (χ4n) is 3.64. The van der Waals surface area contributed by atoms with Crippen molar-refractivity contribution in [2.75, 3.05) is 13.2 Å². The Morgan fingerprint density at radius 3 is 2.48 bits per heavy atom. The first-order chi connectivity index (χ1) is 16.1. The van der Waals surface area contributed by atoms with Crippen molar-refractivity contribution in [3.63, 3.8) is 0 Å². The molecule has 7 nitrogen and oxygen atoms in total. The van der Waals surface area contributed by atoms with E-state index >= 15 is 0 Å². The maximum absolute atomic E-state index is 12.7. The maximum Gasteiger partial charge on any atom is 0.387 e. The predicted molar refractivity (Wildman–Crippen MR) is 117 cm³/mol. The van der Waals surface area contributed by atoms with E-state index in [-0.39, 0.29) is 5.75 Å². The van der Waals surface area contributed by atoms with Gasteiger partial charge >= 0.3 is 6.61 Å². The minimum atomic E-state index is -2.91. The number of benzene rings is 2. The summed E-state index contributed by atoms with van der Waals surface area (Å²) in [6.45, 7) is 2.78. The van der Waals surface area contributed by atoms with E-state index in [4.69, 9.17) is 14.0 Å². The molecule has 9 heteroatoms. The molecule has 1 aromatic heterocycles. The van der Waals surface area contributed by atoms with Gasteiger partial charge < -0.3 is 18.7 Å². The summed E-state index contributed by atoms with van der Waals surface area (Å²) < 4.78 is 46.7. The summed E-state index contributed by atoms with van der Waals surface area (Å²) in [7, 11) is 0. The van der Waals surface area contributed by atoms with Crippen LogP contribution in [0.4, 0.5) is 8.78 Å². The molecule has 1 aliphatic rings. The number of rotatable bonds is 12. The Morgan fingerprint density at radius 2 is 1.76 bits per heavy atom. The van der Waals surface area contributed by atoms with E-state index in [0.717, 1.165) is 24.0 Å². The van der Waals surface area contributed by atoms with Crippen molar-refractivity contribution >= 4 is 0 Å². The molecule has 0 radical (unpaired) electrons. The smallest absolute Gasteiger partial charge is 0.387 e. The van der Waals surface area contributed by atoms with E-state index in [0.29, 0.717) is 55.6 Å². The molecule has 4 rings (SSSR count). The van der Waals surface area contributed by atoms with Gasteiger partial charge in [-0.3, -0.25) is 4.90 Å². The van der Waals surface area contributed by atoms with Crippen LogP contribution in [0.25, 0.3) is 11.4 Å². The average Bonchev–Trinajstić information content (AvgIpc) is 3.54. The SMILES string of the molecule is CCOc1cc(CN(Cc2nc(-c3ccccc3OCC)no2)C2CC2)ccc1OC(F)F. The topological polar surface area (TPSA) is 69.9 Å². The Balaban J connectivity index is 1.49. The van der Waals surface area contributed by atoms with Crippen LogP contribution in [-0.4, -0.2) is 40.9 Å². The molecule has 0 saturated heterocycles. The minimum absolute atomic E-state index is 0.0306. The van der Waals surface area contributed by atoms with Crippen LogP contribution in [0, 0.1) is 0 Å². The minimum Gasteiger partial charge on any atom is -0.493 e. The summed E-state index contributed by atoms with van der Waals surface area (Å²) in [6.07, 6.45) is 2.16. The summed E-state index contributed by atoms with van der Waals surface area (Å²) in [5.74, 6) is 2.03. The molecule has 0 unspecified atom stereocenters. The van der Waals surface area contributed by atoms with Crippen LogP contribution < -0.4 is 14.2 Å². The van der Waals surface area contributed by atoms with Gasteiger partial charge in [-0.1, -0.05) is 23.4 Å². The molecule has 0 aliphatic heterocycles. The highest BCUT2D eigenvalue weighted by Gasteiger charge is 2.30. The number of hydrogen-bond donors (Lipinski definition) is 0. The number of halogens is 2. The van der Waals surface area contributed by atoms with Gasteiger partial charge in [-0.15, -0.1) is 0 Å². The standard InChI is InChI=1S/C24H27F2N3O4/c1-3-30-19-8-6-5-7-18(19)23-27-22(33-28-23)15-29(17-10-11-17)14-16-9-12-20(32-24(25)26)21(13-16)31-4-2/h5-9,12-13,17,24H,3-4,10-11,14-15H2,1-2H3. The molecule has 0 bridgehead atoms. The Bertz CT molecular complexity index is 1060. The van der Waals surface area contributed by atoms with Crippen molar-refractivity contribution in [3.05, 3.63) is 53.9 Å². The number of para-hydroxylation sites is 1. The Kier molecular flexibility index (Phi) is 7.39. The fraction of sp³-hybridized carbons (Fsp3) is 0.417. The molecule has 1 fully saturated rings. The molecule has 2 aromatic carbocycles. The Hall–Kier alpha value is -3.20. The van der Waals surface area contributed by atoms with Crippen molar-refractivity contribution in [1.29, 1.82) is 0 Å². The van der Waals surface area contributed by atoms with Crippen LogP contribution >= 0.6 is 0 Å². The third kappa shape index (κ3) is 5.98. The van der Waals surface area contributed by atoms with Crippen LogP contribution in [-0.2, 0) is 13.1 Å². The van der Waals surface area contributed by atoms with Crippen molar-refractivity contribution in [2.24, 2.45) is 0 Å². The lowest BCUT2D eigenvalue weighted by Gasteiger charge is -2.21. The zero-order chi connectivity index (χ0) is 23.2. The molecule has 0 amide bonds. The fourth-order valence-corrected chi connectivity index (χ4v) is 3.64. The largest absolute Gasteiger partial charge is 0.493 e. The second-order valence-corrected chi connectivity index (χ2v) is 7.67. The molecule has 1 aliphatic carbocycles. The van der Waals surface area contributed by atoms with Crippen LogP contribution in [0.3, 0.4) is 0 Å². The molecule has 33 heavy (non-hydrogen) atoms. The first-order valence-corrected chi connectivity index (χ1v) is 11.1. The number of aromatic nitrogens is 2. The number of nitrogens with zero attached hydrogens (tertiary/aromatic N) is 3. The lowest BCUT2D eigenvalue weighted by Crippen LogP contribution is -2.25. The number of hydrogen-bond acceptors (Lipinski definition) is 7. The van der Waals surface area contributed by atoms with E-state index in [2.05, 4.69) is 19.8 Å². The van der Waals surface area contributed by atoms with Gasteiger partial charge in [0.2, 0.25) is 11.7 Å². The van der Waals surface area contributed by atoms with E-state index in [1.807, 2.05) is 31.2 Å². The number of ether oxygens (including phenoxy) is 3. The number of alkyl halides is 2. The van der Waals surface area contributed by atoms with E-state index in [1.54, 1.807) is 19.1 Å². The van der Waals surface area contributed by atoms with Gasteiger partial charge in [0, 0.05) is 12.6 Å². The van der Waals surface area contributed by atoms with Crippen molar-refractivity contribution in [3.8, 4) is 28.6 Å². The van der Waals surface area contributed by atoms with Gasteiger partial charge in [0.25, 0.3) is 0 Å². The van der Waals surface area contributed by atoms with Gasteiger partial charge in [0.15, 0.2) is 11.5 Å². The lowest BCUT2D eigenvalue weighted by atomic mass is 10.2. The van der Waals surface area contributed by atoms with Crippen LogP contribution in [0.1, 0.15) is 38.1 Å². The molecule has 3 aromatic rings. The molecule has 0 atom stereocenters. The van der Waals surface area contributed by atoms with Crippen LogP contribution in [0.2, 0.25) is 0 Å². The summed E-state index contributed by atoms with van der Waals surface area (Å²) in [5, 5.41) is 4.15. The monoisotopic (exact) mass is 459 g/mol. The van der Waals surface area contributed by atoms with E-state index < -0.39 is 6.61 Å². The Morgan fingerprint density at radius 1 is 1.00 bits per heavy atom. The molecule has 1 saturated carbocycles. The zero-order valence-corrected chi connectivity index (χ0v) is 18.7. The molecule has 0 spiro atoms. The average molecular weight is 459 g/mol. The molecule has 0 N–H and O–H groups in total. The molecular formula is C24H27F2N3O4. The summed E-state index contributed by atoms with van der Waals surface area (Å²) in [4.78, 5) is 6.82. The summed E-state index contributed by atoms with van der Waals surface area (Å²) in [6, 6.07) is 13.0. The third-order valence-corrected chi connectivity index (χ3v) is 5.21. The van der Waals surface area contributed by atoms with Crippen molar-refractivity contribution < 1.29 is 27.5 Å². The maximum atomic E-state index is 12.7. The summed E-state index contributed by atoms with van der Waals surface area (Å²) in [5.41, 5.74) is 1.71. The third-order valence-electron chi connectivity index (χ3n) is 5.21. The van der Waals surface area contributed by atoms with Crippen molar-refractivity contribution in [1.82, 2.24) is 15.0 Å². The zero-order valence-electron chi connectivity index (χ0n) is 18.7. The molecule has 176 valence electrons. The van der Waals surface area contributed by atoms with Gasteiger partial charge in [0.05, 0.1) is 25.3 Å². The highest BCUT2D eigenvalue weighted by atomic mass is 19.3. The second-order valence-electron chi connectivity index (χ2n) is 7.67. The Labute approximate surface area is 191 Å². The quantitative estimate of drug-likeness (QED) is 0.364. The highest BCUT2D eigenvalue weighted by Crippen LogP contribution is 2.34. The van der Waals surface area contributed by atoms with E-state index in [9.17, 15) is 8.78 Å². The van der Waals surface area contributed by atoms with Gasteiger partial charge in [-0.05, 0) is 56.5 Å². The molecule has 1 heterocycles. The second kappa shape index (κ2) is 10.6. The molecular weight excluding hydrogens is 432 g/mol. The lowest BCUT2D eigenvalue weighted by molar-refractivity contribution is -0.0514.